The summed E-state index contributed by atoms with van der Waals surface area (Å²) in [5.74, 6) is 1.06. The largest absolute Gasteiger partial charge is 0.457 e. The van der Waals surface area contributed by atoms with Gasteiger partial charge in [-0.25, -0.2) is 0 Å². The summed E-state index contributed by atoms with van der Waals surface area (Å²) in [5, 5.41) is 1.06. The molecule has 4 rings (SSSR count). The third-order valence-corrected chi connectivity index (χ3v) is 4.69. The van der Waals surface area contributed by atoms with E-state index in [0.29, 0.717) is 6.42 Å². The van der Waals surface area contributed by atoms with Gasteiger partial charge in [0.15, 0.2) is 0 Å². The molecule has 4 aromatic rings. The minimum atomic E-state index is -0.707. The van der Waals surface area contributed by atoms with Crippen LogP contribution in [-0.4, -0.2) is 16.5 Å². The van der Waals surface area contributed by atoms with Gasteiger partial charge in [-0.1, -0.05) is 50.2 Å². The number of amides is 1. The Hall–Kier alpha value is -3.57. The minimum absolute atomic E-state index is 0.401. The molecule has 30 heavy (non-hydrogen) atoms. The van der Waals surface area contributed by atoms with Gasteiger partial charge in [0.2, 0.25) is 5.91 Å². The second-order valence-electron chi connectivity index (χ2n) is 6.66. The standard InChI is InChI=1S/C23H21N3O2.C2H6/c24-21(23(25)27)14-16-15-26(22-9-5-4-8-20(16)22)17-10-12-19(13-11-17)28-18-6-2-1-3-7-18;1-2/h1-13,15,21H,14,24H2,(H2,25,27);1-2H3. The Balaban J connectivity index is 0.00000124. The molecule has 154 valence electrons. The summed E-state index contributed by atoms with van der Waals surface area (Å²) in [4.78, 5) is 11.4. The molecule has 5 nitrogen and oxygen atoms in total. The van der Waals surface area contributed by atoms with Crippen molar-refractivity contribution in [3.05, 3.63) is 90.6 Å². The van der Waals surface area contributed by atoms with Crippen molar-refractivity contribution in [2.24, 2.45) is 11.5 Å². The number of hydrogen-bond donors (Lipinski definition) is 2. The number of rotatable bonds is 6. The zero-order valence-electron chi connectivity index (χ0n) is 17.3. The molecule has 0 radical (unpaired) electrons. The van der Waals surface area contributed by atoms with E-state index >= 15 is 0 Å². The highest BCUT2D eigenvalue weighted by Gasteiger charge is 2.15. The van der Waals surface area contributed by atoms with Crippen molar-refractivity contribution in [3.8, 4) is 17.2 Å². The zero-order valence-corrected chi connectivity index (χ0v) is 17.3. The molecule has 3 aromatic carbocycles. The van der Waals surface area contributed by atoms with Gasteiger partial charge in [-0.2, -0.15) is 0 Å². The van der Waals surface area contributed by atoms with Gasteiger partial charge in [0, 0.05) is 17.3 Å². The molecular formula is C25H27N3O2. The normalized spacial score (nSPS) is 11.4. The summed E-state index contributed by atoms with van der Waals surface area (Å²) in [7, 11) is 0. The predicted molar refractivity (Wildman–Crippen MR) is 122 cm³/mol. The highest BCUT2D eigenvalue weighted by atomic mass is 16.5. The first-order valence-corrected chi connectivity index (χ1v) is 10.1. The molecule has 0 saturated carbocycles. The number of hydrogen-bond acceptors (Lipinski definition) is 3. The highest BCUT2D eigenvalue weighted by molar-refractivity contribution is 5.87. The molecule has 4 N–H and O–H groups in total. The van der Waals surface area contributed by atoms with Crippen LogP contribution in [0.15, 0.2) is 85.1 Å². The van der Waals surface area contributed by atoms with Crippen molar-refractivity contribution in [1.29, 1.82) is 0 Å². The Morgan fingerprint density at radius 1 is 0.900 bits per heavy atom. The number of primary amides is 1. The first kappa shape index (κ1) is 21.1. The topological polar surface area (TPSA) is 83.3 Å². The molecule has 0 aliphatic heterocycles. The van der Waals surface area contributed by atoms with Gasteiger partial charge in [-0.3, -0.25) is 4.79 Å². The van der Waals surface area contributed by atoms with E-state index in [9.17, 15) is 4.79 Å². The Kier molecular flexibility index (Phi) is 6.88. The first-order valence-electron chi connectivity index (χ1n) is 10.1. The zero-order chi connectivity index (χ0) is 21.5. The second kappa shape index (κ2) is 9.76. The monoisotopic (exact) mass is 401 g/mol. The van der Waals surface area contributed by atoms with Gasteiger partial charge in [0.25, 0.3) is 0 Å². The lowest BCUT2D eigenvalue weighted by Crippen LogP contribution is -2.38. The Morgan fingerprint density at radius 3 is 2.17 bits per heavy atom. The van der Waals surface area contributed by atoms with E-state index in [1.54, 1.807) is 0 Å². The van der Waals surface area contributed by atoms with Crippen LogP contribution < -0.4 is 16.2 Å². The number of ether oxygens (including phenoxy) is 1. The smallest absolute Gasteiger partial charge is 0.234 e. The van der Waals surface area contributed by atoms with Crippen molar-refractivity contribution in [2.75, 3.05) is 0 Å². The first-order chi connectivity index (χ1) is 14.6. The number of aromatic nitrogens is 1. The van der Waals surface area contributed by atoms with E-state index in [2.05, 4.69) is 4.57 Å². The molecule has 1 aromatic heterocycles. The maximum atomic E-state index is 11.4. The summed E-state index contributed by atoms with van der Waals surface area (Å²) >= 11 is 0. The van der Waals surface area contributed by atoms with Crippen LogP contribution in [0.4, 0.5) is 0 Å². The molecule has 0 aliphatic carbocycles. The average molecular weight is 402 g/mol. The van der Waals surface area contributed by atoms with Crippen LogP contribution in [0.3, 0.4) is 0 Å². The van der Waals surface area contributed by atoms with Crippen LogP contribution in [0.5, 0.6) is 11.5 Å². The fourth-order valence-corrected chi connectivity index (χ4v) is 3.26. The van der Waals surface area contributed by atoms with Gasteiger partial charge in [-0.15, -0.1) is 0 Å². The van der Waals surface area contributed by atoms with Gasteiger partial charge in [-0.05, 0) is 54.4 Å². The van der Waals surface area contributed by atoms with Crippen LogP contribution in [0.1, 0.15) is 19.4 Å². The number of carbonyl (C=O) groups excluding carboxylic acids is 1. The summed E-state index contributed by atoms with van der Waals surface area (Å²) in [5.41, 5.74) is 14.3. The summed E-state index contributed by atoms with van der Waals surface area (Å²) in [6.07, 6.45) is 2.42. The molecule has 1 unspecified atom stereocenters. The molecule has 1 heterocycles. The number of carbonyl (C=O) groups is 1. The molecule has 1 amide bonds. The molecule has 0 aliphatic rings. The van der Waals surface area contributed by atoms with Gasteiger partial charge < -0.3 is 20.8 Å². The highest BCUT2D eigenvalue weighted by Crippen LogP contribution is 2.28. The van der Waals surface area contributed by atoms with Gasteiger partial charge in [0.05, 0.1) is 11.6 Å². The van der Waals surface area contributed by atoms with Gasteiger partial charge in [0.1, 0.15) is 11.5 Å². The third kappa shape index (κ3) is 4.70. The maximum Gasteiger partial charge on any atom is 0.234 e. The number of benzene rings is 3. The molecule has 0 fully saturated rings. The molecule has 0 bridgehead atoms. The van der Waals surface area contributed by atoms with E-state index in [4.69, 9.17) is 16.2 Å². The third-order valence-electron chi connectivity index (χ3n) is 4.69. The fraction of sp³-hybridized carbons (Fsp3) is 0.160. The van der Waals surface area contributed by atoms with Crippen molar-refractivity contribution in [1.82, 2.24) is 4.57 Å². The van der Waals surface area contributed by atoms with E-state index in [1.165, 1.54) is 0 Å². The number of para-hydroxylation sites is 2. The van der Waals surface area contributed by atoms with Gasteiger partial charge >= 0.3 is 0 Å². The lowest BCUT2D eigenvalue weighted by molar-refractivity contribution is -0.119. The molecule has 0 saturated heterocycles. The quantitative estimate of drug-likeness (QED) is 0.487. The Morgan fingerprint density at radius 2 is 1.50 bits per heavy atom. The van der Waals surface area contributed by atoms with Crippen LogP contribution in [0, 0.1) is 0 Å². The summed E-state index contributed by atoms with van der Waals surface area (Å²) in [6, 6.07) is 24.9. The Bertz CT molecular complexity index is 1100. The number of nitrogens with zero attached hydrogens (tertiary/aromatic N) is 1. The van der Waals surface area contributed by atoms with Crippen molar-refractivity contribution in [3.63, 3.8) is 0 Å². The lowest BCUT2D eigenvalue weighted by atomic mass is 10.1. The van der Waals surface area contributed by atoms with Crippen LogP contribution in [0.2, 0.25) is 0 Å². The predicted octanol–water partition coefficient (Wildman–Crippen LogP) is 4.80. The van der Waals surface area contributed by atoms with Crippen molar-refractivity contribution >= 4 is 16.8 Å². The van der Waals surface area contributed by atoms with Crippen LogP contribution in [-0.2, 0) is 11.2 Å². The summed E-state index contributed by atoms with van der Waals surface area (Å²) in [6.45, 7) is 4.00. The number of fused-ring (bicyclic) bond motifs is 1. The fourth-order valence-electron chi connectivity index (χ4n) is 3.26. The van der Waals surface area contributed by atoms with E-state index < -0.39 is 11.9 Å². The lowest BCUT2D eigenvalue weighted by Gasteiger charge is -2.08. The molecule has 5 heteroatoms. The number of nitrogens with two attached hydrogens (primary N) is 2. The minimum Gasteiger partial charge on any atom is -0.457 e. The van der Waals surface area contributed by atoms with Crippen molar-refractivity contribution in [2.45, 2.75) is 26.3 Å². The SMILES string of the molecule is CC.NC(=O)C(N)Cc1cn(-c2ccc(Oc3ccccc3)cc2)c2ccccc12. The van der Waals surface area contributed by atoms with E-state index in [0.717, 1.165) is 33.7 Å². The van der Waals surface area contributed by atoms with Crippen LogP contribution >= 0.6 is 0 Å². The van der Waals surface area contributed by atoms with Crippen LogP contribution in [0.25, 0.3) is 16.6 Å². The van der Waals surface area contributed by atoms with E-state index in [-0.39, 0.29) is 0 Å². The molecule has 0 spiro atoms. The van der Waals surface area contributed by atoms with Crippen molar-refractivity contribution < 1.29 is 9.53 Å². The Labute approximate surface area is 176 Å². The van der Waals surface area contributed by atoms with E-state index in [1.807, 2.05) is 98.9 Å². The average Bonchev–Trinajstić information content (AvgIpc) is 3.15. The molecular weight excluding hydrogens is 374 g/mol. The second-order valence-corrected chi connectivity index (χ2v) is 6.66. The maximum absolute atomic E-state index is 11.4. The molecule has 1 atom stereocenters. The summed E-state index contributed by atoms with van der Waals surface area (Å²) < 4.78 is 7.95.